The second-order valence-corrected chi connectivity index (χ2v) is 23.4. The second-order valence-electron chi connectivity index (χ2n) is 23.4. The lowest BCUT2D eigenvalue weighted by atomic mass is 10.0. The van der Waals surface area contributed by atoms with E-state index >= 15 is 0 Å². The summed E-state index contributed by atoms with van der Waals surface area (Å²) in [5.41, 5.74) is 0. The van der Waals surface area contributed by atoms with Crippen LogP contribution in [0.3, 0.4) is 0 Å². The Hall–Kier alpha value is -3.93. The molecular weight excluding hydrogens is 1020 g/mol. The molecule has 0 radical (unpaired) electrons. The first-order chi connectivity index (χ1) is 41.0. The fourth-order valence-electron chi connectivity index (χ4n) is 9.99. The molecule has 0 amide bonds. The van der Waals surface area contributed by atoms with Crippen LogP contribution in [-0.4, -0.2) is 37.2 Å². The molecule has 476 valence electrons. The van der Waals surface area contributed by atoms with Crippen molar-refractivity contribution in [1.82, 2.24) is 0 Å². The Bertz CT molecular complexity index is 1660. The molecule has 83 heavy (non-hydrogen) atoms. The number of hydrogen-bond acceptors (Lipinski definition) is 6. The number of esters is 3. The molecule has 0 fully saturated rings. The fourth-order valence-corrected chi connectivity index (χ4v) is 9.99. The quantitative estimate of drug-likeness (QED) is 0.0261. The van der Waals surface area contributed by atoms with Gasteiger partial charge >= 0.3 is 17.9 Å². The number of ether oxygens (including phenoxy) is 3. The zero-order chi connectivity index (χ0) is 59.9. The predicted molar refractivity (Wildman–Crippen MR) is 362 cm³/mol. The highest BCUT2D eigenvalue weighted by Crippen LogP contribution is 2.17. The van der Waals surface area contributed by atoms with Gasteiger partial charge in [0.2, 0.25) is 0 Å². The number of hydrogen-bond donors (Lipinski definition) is 0. The van der Waals surface area contributed by atoms with Gasteiger partial charge in [0, 0.05) is 19.3 Å². The Morgan fingerprint density at radius 1 is 0.253 bits per heavy atom. The summed E-state index contributed by atoms with van der Waals surface area (Å²) in [4.78, 5) is 38.4. The summed E-state index contributed by atoms with van der Waals surface area (Å²) in [5.74, 6) is -0.923. The lowest BCUT2D eigenvalue weighted by Gasteiger charge is -2.18. The maximum absolute atomic E-state index is 12.9. The van der Waals surface area contributed by atoms with Crippen molar-refractivity contribution < 1.29 is 28.6 Å². The lowest BCUT2D eigenvalue weighted by molar-refractivity contribution is -0.167. The van der Waals surface area contributed by atoms with Crippen LogP contribution in [0, 0.1) is 0 Å². The Balaban J connectivity index is 4.29. The highest BCUT2D eigenvalue weighted by molar-refractivity contribution is 5.71. The van der Waals surface area contributed by atoms with Gasteiger partial charge in [0.1, 0.15) is 13.2 Å². The predicted octanol–water partition coefficient (Wildman–Crippen LogP) is 24.6. The van der Waals surface area contributed by atoms with Crippen LogP contribution in [0.5, 0.6) is 0 Å². The molecular formula is C77H132O6. The van der Waals surface area contributed by atoms with Crippen LogP contribution in [0.1, 0.15) is 342 Å². The van der Waals surface area contributed by atoms with Crippen LogP contribution in [-0.2, 0) is 28.6 Å². The molecule has 0 N–H and O–H groups in total. The molecule has 1 unspecified atom stereocenters. The van der Waals surface area contributed by atoms with Crippen molar-refractivity contribution in [3.63, 3.8) is 0 Å². The van der Waals surface area contributed by atoms with Crippen LogP contribution in [0.2, 0.25) is 0 Å². The van der Waals surface area contributed by atoms with Gasteiger partial charge in [0.25, 0.3) is 0 Å². The average Bonchev–Trinajstić information content (AvgIpc) is 3.49. The maximum Gasteiger partial charge on any atom is 0.306 e. The molecule has 0 aromatic carbocycles. The zero-order valence-corrected chi connectivity index (χ0v) is 54.7. The first-order valence-corrected chi connectivity index (χ1v) is 35.4. The van der Waals surface area contributed by atoms with E-state index in [9.17, 15) is 14.4 Å². The van der Waals surface area contributed by atoms with Crippen molar-refractivity contribution in [2.24, 2.45) is 0 Å². The molecule has 0 aromatic heterocycles. The minimum absolute atomic E-state index is 0.0929. The van der Waals surface area contributed by atoms with E-state index in [0.717, 1.165) is 103 Å². The van der Waals surface area contributed by atoms with E-state index in [-0.39, 0.29) is 37.5 Å². The summed E-state index contributed by atoms with van der Waals surface area (Å²) < 4.78 is 16.9. The summed E-state index contributed by atoms with van der Waals surface area (Å²) >= 11 is 0. The average molecular weight is 1150 g/mol. The standard InChI is InChI=1S/C77H132O6/c1-4-7-10-13-16-19-22-25-27-29-31-33-34-35-36-37-38-39-40-41-42-44-45-47-49-52-55-58-61-64-67-70-76(79)82-73-74(72-81-75(78)69-66-63-60-57-54-51-24-21-18-15-12-9-6-3)83-77(80)71-68-65-62-59-56-53-50-48-46-43-32-30-28-26-23-20-17-14-11-8-5-2/h8,11,17,20,22,25-26,28-29,31-32,34-35,43,48,50,56,59,74H,4-7,9-10,12-16,18-19,21,23-24,27,30,33,36-42,44-47,49,51-55,57-58,60-73H2,1-3H3/b11-8-,20-17-,25-22-,28-26-,31-29-,35-34-,43-32-,50-48-,59-56-. The van der Waals surface area contributed by atoms with E-state index in [1.54, 1.807) is 0 Å². The highest BCUT2D eigenvalue weighted by Gasteiger charge is 2.19. The van der Waals surface area contributed by atoms with Crippen molar-refractivity contribution >= 4 is 17.9 Å². The summed E-state index contributed by atoms with van der Waals surface area (Å²) in [6, 6.07) is 0. The third-order valence-corrected chi connectivity index (χ3v) is 15.3. The van der Waals surface area contributed by atoms with Gasteiger partial charge in [-0.3, -0.25) is 14.4 Å². The summed E-state index contributed by atoms with van der Waals surface area (Å²) in [6.45, 7) is 6.51. The minimum Gasteiger partial charge on any atom is -0.462 e. The molecule has 0 saturated heterocycles. The monoisotopic (exact) mass is 1150 g/mol. The fraction of sp³-hybridized carbons (Fsp3) is 0.727. The molecule has 1 atom stereocenters. The van der Waals surface area contributed by atoms with Gasteiger partial charge in [-0.15, -0.1) is 0 Å². The van der Waals surface area contributed by atoms with Gasteiger partial charge in [-0.2, -0.15) is 0 Å². The van der Waals surface area contributed by atoms with Crippen molar-refractivity contribution in [1.29, 1.82) is 0 Å². The summed E-state index contributed by atoms with van der Waals surface area (Å²) in [5, 5.41) is 0. The number of carbonyl (C=O) groups is 3. The van der Waals surface area contributed by atoms with Crippen LogP contribution < -0.4 is 0 Å². The van der Waals surface area contributed by atoms with E-state index in [0.29, 0.717) is 19.3 Å². The molecule has 0 aromatic rings. The molecule has 0 saturated carbocycles. The van der Waals surface area contributed by atoms with Crippen LogP contribution in [0.25, 0.3) is 0 Å². The SMILES string of the molecule is CC/C=C\C/C=C\C/C=C\C/C=C\C/C=C\C/C=C\CCCCC(=O)OC(COC(=O)CCCCCCCCCCCCCCC)COC(=O)CCCCCCCCCCCCCCCCCC/C=C\C/C=C\C/C=C\CCCCCCC. The normalized spacial score (nSPS) is 12.8. The smallest absolute Gasteiger partial charge is 0.306 e. The van der Waals surface area contributed by atoms with Crippen molar-refractivity contribution in [3.05, 3.63) is 109 Å². The number of allylic oxidation sites excluding steroid dienone is 18. The topological polar surface area (TPSA) is 78.9 Å². The molecule has 0 rings (SSSR count). The number of rotatable bonds is 64. The van der Waals surface area contributed by atoms with Gasteiger partial charge in [0.05, 0.1) is 0 Å². The molecule has 0 spiro atoms. The largest absolute Gasteiger partial charge is 0.462 e. The summed E-state index contributed by atoms with van der Waals surface area (Å²) in [7, 11) is 0. The van der Waals surface area contributed by atoms with Gasteiger partial charge in [0.15, 0.2) is 6.10 Å². The van der Waals surface area contributed by atoms with E-state index < -0.39 is 6.10 Å². The Kier molecular flexibility index (Phi) is 67.2. The molecule has 0 heterocycles. The second kappa shape index (κ2) is 70.6. The van der Waals surface area contributed by atoms with E-state index in [1.807, 2.05) is 0 Å². The molecule has 0 aliphatic carbocycles. The van der Waals surface area contributed by atoms with Crippen molar-refractivity contribution in [3.8, 4) is 0 Å². The zero-order valence-electron chi connectivity index (χ0n) is 54.7. The van der Waals surface area contributed by atoms with Crippen LogP contribution in [0.4, 0.5) is 0 Å². The Morgan fingerprint density at radius 2 is 0.470 bits per heavy atom. The molecule has 0 aliphatic heterocycles. The molecule has 0 aliphatic rings. The number of unbranched alkanes of at least 4 members (excludes halogenated alkanes) is 35. The van der Waals surface area contributed by atoms with E-state index in [4.69, 9.17) is 14.2 Å². The maximum atomic E-state index is 12.9. The lowest BCUT2D eigenvalue weighted by Crippen LogP contribution is -2.30. The van der Waals surface area contributed by atoms with Crippen molar-refractivity contribution in [2.75, 3.05) is 13.2 Å². The Labute approximate surface area is 514 Å². The first kappa shape index (κ1) is 79.1. The Morgan fingerprint density at radius 3 is 0.759 bits per heavy atom. The number of carbonyl (C=O) groups excluding carboxylic acids is 3. The van der Waals surface area contributed by atoms with Gasteiger partial charge in [-0.1, -0.05) is 323 Å². The van der Waals surface area contributed by atoms with E-state index in [1.165, 1.54) is 193 Å². The van der Waals surface area contributed by atoms with E-state index in [2.05, 4.69) is 130 Å². The highest BCUT2D eigenvalue weighted by atomic mass is 16.6. The molecule has 6 nitrogen and oxygen atoms in total. The van der Waals surface area contributed by atoms with Crippen LogP contribution in [0.15, 0.2) is 109 Å². The minimum atomic E-state index is -0.802. The van der Waals surface area contributed by atoms with Crippen LogP contribution >= 0.6 is 0 Å². The van der Waals surface area contributed by atoms with Gasteiger partial charge in [-0.25, -0.2) is 0 Å². The van der Waals surface area contributed by atoms with Crippen molar-refractivity contribution in [2.45, 2.75) is 348 Å². The molecule has 0 bridgehead atoms. The van der Waals surface area contributed by atoms with Gasteiger partial charge < -0.3 is 14.2 Å². The first-order valence-electron chi connectivity index (χ1n) is 35.4. The summed E-state index contributed by atoms with van der Waals surface area (Å²) in [6.07, 6.45) is 96.9. The third kappa shape index (κ3) is 68.7. The molecule has 6 heteroatoms. The van der Waals surface area contributed by atoms with Gasteiger partial charge in [-0.05, 0) is 109 Å². The third-order valence-electron chi connectivity index (χ3n) is 15.3.